The number of rotatable bonds is 6. The Morgan fingerprint density at radius 1 is 1.40 bits per heavy atom. The van der Waals surface area contributed by atoms with Crippen LogP contribution in [0.15, 0.2) is 21.5 Å². The van der Waals surface area contributed by atoms with Crippen LogP contribution < -0.4 is 10.5 Å². The minimum Gasteiger partial charge on any atom is -0.326 e. The molecule has 3 N–H and O–H groups in total. The molecule has 1 fully saturated rings. The molecule has 1 aliphatic carbocycles. The van der Waals surface area contributed by atoms with Gasteiger partial charge in [0.2, 0.25) is 10.0 Å². The molecule has 0 aromatic heterocycles. The first-order chi connectivity index (χ1) is 9.33. The summed E-state index contributed by atoms with van der Waals surface area (Å²) < 4.78 is 28.5. The zero-order valence-electron chi connectivity index (χ0n) is 11.9. The lowest BCUT2D eigenvalue weighted by Gasteiger charge is -2.16. The van der Waals surface area contributed by atoms with E-state index in [2.05, 4.69) is 27.6 Å². The average Bonchev–Trinajstić information content (AvgIpc) is 3.20. The summed E-state index contributed by atoms with van der Waals surface area (Å²) in [5.74, 6) is 0. The second kappa shape index (κ2) is 5.75. The van der Waals surface area contributed by atoms with Crippen LogP contribution in [0.5, 0.6) is 0 Å². The highest BCUT2D eigenvalue weighted by Crippen LogP contribution is 2.48. The molecule has 0 aliphatic heterocycles. The first-order valence-corrected chi connectivity index (χ1v) is 9.10. The summed E-state index contributed by atoms with van der Waals surface area (Å²) in [7, 11) is -3.48. The highest BCUT2D eigenvalue weighted by molar-refractivity contribution is 9.10. The zero-order chi connectivity index (χ0) is 15.0. The Morgan fingerprint density at radius 3 is 2.55 bits per heavy atom. The molecule has 1 aliphatic rings. The van der Waals surface area contributed by atoms with Crippen molar-refractivity contribution in [2.45, 2.75) is 44.6 Å². The first-order valence-electron chi connectivity index (χ1n) is 6.82. The largest absolute Gasteiger partial charge is 0.326 e. The van der Waals surface area contributed by atoms with Gasteiger partial charge in [0.1, 0.15) is 0 Å². The maximum atomic E-state index is 12.5. The third kappa shape index (κ3) is 3.24. The second-order valence-electron chi connectivity index (χ2n) is 5.58. The lowest BCUT2D eigenvalue weighted by atomic mass is 10.1. The van der Waals surface area contributed by atoms with Crippen molar-refractivity contribution in [1.82, 2.24) is 4.72 Å². The third-order valence-electron chi connectivity index (χ3n) is 4.23. The molecule has 1 aromatic rings. The van der Waals surface area contributed by atoms with Gasteiger partial charge in [0.15, 0.2) is 0 Å². The van der Waals surface area contributed by atoms with Crippen molar-refractivity contribution in [3.63, 3.8) is 0 Å². The van der Waals surface area contributed by atoms with Crippen LogP contribution in [0.25, 0.3) is 0 Å². The highest BCUT2D eigenvalue weighted by atomic mass is 79.9. The zero-order valence-corrected chi connectivity index (χ0v) is 14.3. The maximum absolute atomic E-state index is 12.5. The fourth-order valence-corrected chi connectivity index (χ4v) is 4.37. The van der Waals surface area contributed by atoms with E-state index in [1.54, 1.807) is 13.0 Å². The van der Waals surface area contributed by atoms with Crippen LogP contribution >= 0.6 is 15.9 Å². The molecule has 0 bridgehead atoms. The van der Waals surface area contributed by atoms with Crippen LogP contribution in [0.2, 0.25) is 0 Å². The first kappa shape index (κ1) is 15.9. The van der Waals surface area contributed by atoms with Crippen LogP contribution in [-0.4, -0.2) is 15.0 Å². The van der Waals surface area contributed by atoms with Gasteiger partial charge in [-0.1, -0.05) is 22.9 Å². The van der Waals surface area contributed by atoms with E-state index in [0.29, 0.717) is 18.0 Å². The molecule has 1 saturated carbocycles. The minimum atomic E-state index is -3.48. The van der Waals surface area contributed by atoms with Crippen molar-refractivity contribution >= 4 is 26.0 Å². The number of sulfonamides is 1. The monoisotopic (exact) mass is 360 g/mol. The van der Waals surface area contributed by atoms with Gasteiger partial charge in [-0.25, -0.2) is 13.1 Å². The number of hydrogen-bond donors (Lipinski definition) is 2. The fourth-order valence-electron chi connectivity index (χ4n) is 2.26. The minimum absolute atomic E-state index is 0.184. The van der Waals surface area contributed by atoms with Gasteiger partial charge >= 0.3 is 0 Å². The van der Waals surface area contributed by atoms with Gasteiger partial charge in [-0.2, -0.15) is 0 Å². The molecule has 4 nitrogen and oxygen atoms in total. The third-order valence-corrected chi connectivity index (χ3v) is 6.58. The molecule has 20 heavy (non-hydrogen) atoms. The van der Waals surface area contributed by atoms with Crippen molar-refractivity contribution in [3.8, 4) is 0 Å². The van der Waals surface area contributed by atoms with Crippen LogP contribution in [0.1, 0.15) is 37.3 Å². The Labute approximate surface area is 129 Å². The number of hydrogen-bond acceptors (Lipinski definition) is 3. The summed E-state index contributed by atoms with van der Waals surface area (Å²) >= 11 is 3.40. The molecule has 0 unspecified atom stereocenters. The maximum Gasteiger partial charge on any atom is 0.240 e. The molecular formula is C14H21BrN2O2S. The van der Waals surface area contributed by atoms with Crippen molar-refractivity contribution in [1.29, 1.82) is 0 Å². The Morgan fingerprint density at radius 2 is 2.05 bits per heavy atom. The number of halogens is 1. The molecular weight excluding hydrogens is 340 g/mol. The smallest absolute Gasteiger partial charge is 0.240 e. The van der Waals surface area contributed by atoms with Gasteiger partial charge in [0, 0.05) is 17.6 Å². The average molecular weight is 361 g/mol. The SMILES string of the molecule is CCC1(CNS(=O)(=O)c2cc(CN)cc(Br)c2C)CC1. The summed E-state index contributed by atoms with van der Waals surface area (Å²) in [4.78, 5) is 0.319. The van der Waals surface area contributed by atoms with Crippen molar-refractivity contribution in [3.05, 3.63) is 27.7 Å². The topological polar surface area (TPSA) is 72.2 Å². The Kier molecular flexibility index (Phi) is 4.59. The molecule has 0 heterocycles. The molecule has 0 spiro atoms. The lowest BCUT2D eigenvalue weighted by molar-refractivity contribution is 0.475. The predicted molar refractivity (Wildman–Crippen MR) is 83.9 cm³/mol. The van der Waals surface area contributed by atoms with E-state index in [1.807, 2.05) is 6.07 Å². The number of nitrogens with two attached hydrogens (primary N) is 1. The van der Waals surface area contributed by atoms with Crippen LogP contribution in [0.3, 0.4) is 0 Å². The highest BCUT2D eigenvalue weighted by Gasteiger charge is 2.41. The molecule has 0 radical (unpaired) electrons. The van der Waals surface area contributed by atoms with Gasteiger partial charge in [-0.3, -0.25) is 0 Å². The predicted octanol–water partition coefficient (Wildman–Crippen LogP) is 2.68. The molecule has 0 amide bonds. The van der Waals surface area contributed by atoms with E-state index in [9.17, 15) is 8.42 Å². The van der Waals surface area contributed by atoms with E-state index in [4.69, 9.17) is 5.73 Å². The number of benzene rings is 1. The molecule has 0 atom stereocenters. The molecule has 0 saturated heterocycles. The number of nitrogens with one attached hydrogen (secondary N) is 1. The van der Waals surface area contributed by atoms with Crippen LogP contribution in [-0.2, 0) is 16.6 Å². The van der Waals surface area contributed by atoms with Crippen molar-refractivity contribution in [2.24, 2.45) is 11.1 Å². The summed E-state index contributed by atoms with van der Waals surface area (Å²) in [6.07, 6.45) is 3.23. The van der Waals surface area contributed by atoms with Gasteiger partial charge in [0.05, 0.1) is 4.90 Å². The molecule has 2 rings (SSSR count). The Bertz CT molecular complexity index is 610. The van der Waals surface area contributed by atoms with Gasteiger partial charge in [0.25, 0.3) is 0 Å². The Hall–Kier alpha value is -0.430. The summed E-state index contributed by atoms with van der Waals surface area (Å²) in [5, 5.41) is 0. The van der Waals surface area contributed by atoms with Gasteiger partial charge in [-0.05, 0) is 54.9 Å². The normalized spacial score (nSPS) is 17.2. The van der Waals surface area contributed by atoms with E-state index in [0.717, 1.165) is 34.9 Å². The summed E-state index contributed by atoms with van der Waals surface area (Å²) in [5.41, 5.74) is 7.33. The van der Waals surface area contributed by atoms with Gasteiger partial charge < -0.3 is 5.73 Å². The molecule has 6 heteroatoms. The van der Waals surface area contributed by atoms with Crippen molar-refractivity contribution in [2.75, 3.05) is 6.54 Å². The quantitative estimate of drug-likeness (QED) is 0.818. The van der Waals surface area contributed by atoms with E-state index in [-0.39, 0.29) is 5.41 Å². The van der Waals surface area contributed by atoms with Crippen molar-refractivity contribution < 1.29 is 8.42 Å². The van der Waals surface area contributed by atoms with Crippen LogP contribution in [0, 0.1) is 12.3 Å². The second-order valence-corrected chi connectivity index (χ2v) is 8.17. The fraction of sp³-hybridized carbons (Fsp3) is 0.571. The van der Waals surface area contributed by atoms with Crippen LogP contribution in [0.4, 0.5) is 0 Å². The Balaban J connectivity index is 2.27. The standard InChI is InChI=1S/C14H21BrN2O2S/c1-3-14(4-5-14)9-17-20(18,19)13-7-11(8-16)6-12(15)10(13)2/h6-7,17H,3-5,8-9,16H2,1-2H3. The molecule has 112 valence electrons. The lowest BCUT2D eigenvalue weighted by Crippen LogP contribution is -2.30. The van der Waals surface area contributed by atoms with Gasteiger partial charge in [-0.15, -0.1) is 0 Å². The summed E-state index contributed by atoms with van der Waals surface area (Å²) in [6, 6.07) is 3.52. The van der Waals surface area contributed by atoms with E-state index < -0.39 is 10.0 Å². The summed E-state index contributed by atoms with van der Waals surface area (Å²) in [6.45, 7) is 4.75. The molecule has 1 aromatic carbocycles. The van der Waals surface area contributed by atoms with E-state index >= 15 is 0 Å². The van der Waals surface area contributed by atoms with E-state index in [1.165, 1.54) is 0 Å².